The second-order valence-electron chi connectivity index (χ2n) is 19.9. The number of esters is 4. The third-order valence-electron chi connectivity index (χ3n) is 8.76. The normalized spacial score (nSPS) is 11.2. The van der Waals surface area contributed by atoms with Gasteiger partial charge in [0.1, 0.15) is 63.6 Å². The number of carbonyl (C=O) groups excluding carboxylic acids is 13. The lowest BCUT2D eigenvalue weighted by molar-refractivity contribution is -0.159. The quantitative estimate of drug-likeness (QED) is 0.0423. The maximum Gasteiger partial charge on any atom is 0.407 e. The molecular weight excluding hydrogens is 995 g/mol. The molecule has 0 heterocycles. The van der Waals surface area contributed by atoms with E-state index in [0.29, 0.717) is 19.6 Å². The first-order chi connectivity index (χ1) is 34.5. The van der Waals surface area contributed by atoms with Crippen molar-refractivity contribution in [2.24, 2.45) is 5.73 Å². The summed E-state index contributed by atoms with van der Waals surface area (Å²) in [6, 6.07) is 0. The smallest absolute Gasteiger partial charge is 0.407 e. The molecule has 0 aromatic rings. The van der Waals surface area contributed by atoms with Crippen molar-refractivity contribution in [3.63, 3.8) is 0 Å². The van der Waals surface area contributed by atoms with Crippen LogP contribution in [0, 0.1) is 0 Å². The number of hydrogen-bond donors (Lipinski definition) is 3. The van der Waals surface area contributed by atoms with E-state index in [1.807, 2.05) is 0 Å². The number of carbonyl (C=O) groups is 13. The molecule has 0 saturated heterocycles. The van der Waals surface area contributed by atoms with Gasteiger partial charge in [-0.05, 0) is 96.9 Å². The van der Waals surface area contributed by atoms with E-state index in [1.54, 1.807) is 55.4 Å². The number of nitrogens with zero attached hydrogens (tertiary/aromatic N) is 6. The number of nitrogens with two attached hydrogens (primary N) is 1. The first-order valence-corrected chi connectivity index (χ1v) is 24.1. The zero-order valence-electron chi connectivity index (χ0n) is 45.8. The average molecular weight is 1070 g/mol. The second-order valence-corrected chi connectivity index (χ2v) is 19.9. The molecule has 0 aliphatic rings. The summed E-state index contributed by atoms with van der Waals surface area (Å²) in [4.78, 5) is 175. The molecule has 28 nitrogen and oxygen atoms in total. The fourth-order valence-corrected chi connectivity index (χ4v) is 5.97. The molecule has 75 heavy (non-hydrogen) atoms. The molecule has 0 spiro atoms. The van der Waals surface area contributed by atoms with Crippen LogP contribution in [-0.4, -0.2) is 235 Å². The van der Waals surface area contributed by atoms with Gasteiger partial charge in [-0.3, -0.25) is 52.7 Å². The molecular formula is C47H79N9O19. The molecule has 9 amide bonds. The molecule has 426 valence electrons. The zero-order valence-corrected chi connectivity index (χ0v) is 45.8. The Morgan fingerprint density at radius 3 is 0.960 bits per heavy atom. The van der Waals surface area contributed by atoms with Gasteiger partial charge < -0.3 is 74.2 Å². The van der Waals surface area contributed by atoms with Gasteiger partial charge in [0, 0.05) is 26.2 Å². The minimum absolute atomic E-state index is 0.164. The number of ether oxygens (including phenoxy) is 6. The standard InChI is InChI=1S/C47H79N9O19/c1-30(2)70-40(64)25-51(29-57)20-35(59)54(26-41(65)71-31(3)4)23-38(62)56(28-43(67)73-33(7)8)24-39(63)55(27-42(66)72-32(5)6)22-37(61)53(18-16-50-45(69)75-47(12,13)14)21-36(60)52(19-34(48)58)17-15-49-44(68)74-46(9,10)11/h29-33H,15-28H2,1-14H3,(H2,48,58)(H,49,68)(H,50,69). The lowest BCUT2D eigenvalue weighted by Gasteiger charge is -2.31. The number of nitrogens with one attached hydrogen (secondary N) is 2. The number of alkyl carbamates (subject to hydrolysis) is 2. The summed E-state index contributed by atoms with van der Waals surface area (Å²) < 4.78 is 31.1. The summed E-state index contributed by atoms with van der Waals surface area (Å²) >= 11 is 0. The van der Waals surface area contributed by atoms with Crippen molar-refractivity contribution in [1.82, 2.24) is 40.0 Å². The third-order valence-corrected chi connectivity index (χ3v) is 8.76. The number of hydrogen-bond acceptors (Lipinski definition) is 19. The van der Waals surface area contributed by atoms with Crippen LogP contribution in [0.3, 0.4) is 0 Å². The van der Waals surface area contributed by atoms with Crippen LogP contribution in [0.1, 0.15) is 96.9 Å². The molecule has 4 N–H and O–H groups in total. The van der Waals surface area contributed by atoms with Gasteiger partial charge in [-0.15, -0.1) is 0 Å². The predicted molar refractivity (Wildman–Crippen MR) is 263 cm³/mol. The molecule has 28 heteroatoms. The molecule has 0 fully saturated rings. The fraction of sp³-hybridized carbons (Fsp3) is 0.723. The highest BCUT2D eigenvalue weighted by molar-refractivity contribution is 5.95. The predicted octanol–water partition coefficient (Wildman–Crippen LogP) is -1.07. The van der Waals surface area contributed by atoms with Gasteiger partial charge in [0.25, 0.3) is 0 Å². The van der Waals surface area contributed by atoms with Crippen molar-refractivity contribution in [3.05, 3.63) is 0 Å². The summed E-state index contributed by atoms with van der Waals surface area (Å²) in [5, 5.41) is 4.88. The Bertz CT molecular complexity index is 2000. The highest BCUT2D eigenvalue weighted by Gasteiger charge is 2.33. The van der Waals surface area contributed by atoms with E-state index >= 15 is 0 Å². The molecule has 0 bridgehead atoms. The highest BCUT2D eigenvalue weighted by atomic mass is 16.6. The van der Waals surface area contributed by atoms with Gasteiger partial charge in [0.15, 0.2) is 0 Å². The SMILES string of the molecule is CC(C)OC(=O)CN(C=O)CC(=O)N(CC(=O)OC(C)C)CC(=O)N(CC(=O)OC(C)C)CC(=O)N(CC(=O)OC(C)C)CC(=O)N(CCNC(=O)OC(C)(C)C)CC(=O)N(CCNC(=O)OC(C)(C)C)CC(N)=O. The van der Waals surface area contributed by atoms with Crippen LogP contribution in [0.15, 0.2) is 0 Å². The van der Waals surface area contributed by atoms with E-state index in [0.717, 1.165) is 9.80 Å². The Labute approximate surface area is 437 Å². The van der Waals surface area contributed by atoms with Crippen LogP contribution in [0.5, 0.6) is 0 Å². The second kappa shape index (κ2) is 32.8. The lowest BCUT2D eigenvalue weighted by atomic mass is 10.2. The molecule has 0 atom stereocenters. The van der Waals surface area contributed by atoms with Crippen LogP contribution in [0.2, 0.25) is 0 Å². The van der Waals surface area contributed by atoms with Gasteiger partial charge in [-0.1, -0.05) is 0 Å². The molecule has 0 aliphatic carbocycles. The maximum atomic E-state index is 14.4. The summed E-state index contributed by atoms with van der Waals surface area (Å²) in [5.41, 5.74) is 3.63. The molecule has 0 aromatic heterocycles. The summed E-state index contributed by atoms with van der Waals surface area (Å²) in [6.07, 6.45) is -4.29. The van der Waals surface area contributed by atoms with Crippen molar-refractivity contribution in [2.75, 3.05) is 91.6 Å². The fourth-order valence-electron chi connectivity index (χ4n) is 5.97. The molecule has 0 rings (SSSR count). The summed E-state index contributed by atoms with van der Waals surface area (Å²) in [6.45, 7) is 11.5. The van der Waals surface area contributed by atoms with Gasteiger partial charge in [0.2, 0.25) is 41.9 Å². The van der Waals surface area contributed by atoms with Crippen LogP contribution in [0.4, 0.5) is 9.59 Å². The number of amides is 9. The minimum Gasteiger partial charge on any atom is -0.462 e. The Morgan fingerprint density at radius 2 is 0.680 bits per heavy atom. The van der Waals surface area contributed by atoms with E-state index in [-0.39, 0.29) is 26.0 Å². The lowest BCUT2D eigenvalue weighted by Crippen LogP contribution is -2.54. The van der Waals surface area contributed by atoms with Crippen molar-refractivity contribution >= 4 is 77.9 Å². The van der Waals surface area contributed by atoms with E-state index in [1.165, 1.54) is 41.5 Å². The van der Waals surface area contributed by atoms with Crippen LogP contribution in [0.25, 0.3) is 0 Å². The minimum atomic E-state index is -1.18. The van der Waals surface area contributed by atoms with Crippen LogP contribution >= 0.6 is 0 Å². The molecule has 0 saturated carbocycles. The van der Waals surface area contributed by atoms with E-state index in [2.05, 4.69) is 10.6 Å². The van der Waals surface area contributed by atoms with Crippen molar-refractivity contribution in [2.45, 2.75) is 133 Å². The van der Waals surface area contributed by atoms with Gasteiger partial charge in [-0.25, -0.2) is 9.59 Å². The van der Waals surface area contributed by atoms with Crippen molar-refractivity contribution in [3.8, 4) is 0 Å². The Kier molecular flexibility index (Phi) is 29.6. The summed E-state index contributed by atoms with van der Waals surface area (Å²) in [7, 11) is 0. The topological polar surface area (TPSA) is 347 Å². The number of rotatable bonds is 31. The molecule has 0 unspecified atom stereocenters. The molecule has 0 aliphatic heterocycles. The first kappa shape index (κ1) is 67.7. The average Bonchev–Trinajstić information content (AvgIpc) is 3.21. The first-order valence-electron chi connectivity index (χ1n) is 24.1. The van der Waals surface area contributed by atoms with E-state index in [4.69, 9.17) is 34.2 Å². The van der Waals surface area contributed by atoms with Gasteiger partial charge in [0.05, 0.1) is 37.5 Å². The van der Waals surface area contributed by atoms with Crippen molar-refractivity contribution < 1.29 is 90.8 Å². The molecule has 0 aromatic carbocycles. The Morgan fingerprint density at radius 1 is 0.413 bits per heavy atom. The Balaban J connectivity index is 7.25. The third kappa shape index (κ3) is 32.5. The Hall–Kier alpha value is -7.29. The highest BCUT2D eigenvalue weighted by Crippen LogP contribution is 2.10. The van der Waals surface area contributed by atoms with E-state index in [9.17, 15) is 62.3 Å². The number of primary amides is 1. The monoisotopic (exact) mass is 1070 g/mol. The van der Waals surface area contributed by atoms with Gasteiger partial charge >= 0.3 is 36.1 Å². The van der Waals surface area contributed by atoms with Crippen molar-refractivity contribution in [1.29, 1.82) is 0 Å². The largest absolute Gasteiger partial charge is 0.462 e. The maximum absolute atomic E-state index is 14.4. The molecule has 0 radical (unpaired) electrons. The van der Waals surface area contributed by atoms with Gasteiger partial charge in [-0.2, -0.15) is 0 Å². The summed E-state index contributed by atoms with van der Waals surface area (Å²) in [5.74, 6) is -10.3. The van der Waals surface area contributed by atoms with Crippen LogP contribution < -0.4 is 16.4 Å². The van der Waals surface area contributed by atoms with E-state index < -0.39 is 179 Å². The van der Waals surface area contributed by atoms with Crippen LogP contribution in [-0.2, 0) is 81.2 Å². The zero-order chi connectivity index (χ0) is 58.0.